The molecule has 0 atom stereocenters. The van der Waals surface area contributed by atoms with Crippen molar-refractivity contribution >= 4 is 22.1 Å². The second-order valence-corrected chi connectivity index (χ2v) is 6.56. The number of carboxylic acids is 1. The zero-order valence-corrected chi connectivity index (χ0v) is 13.0. The van der Waals surface area contributed by atoms with Gasteiger partial charge in [0.25, 0.3) is 0 Å². The Hall–Kier alpha value is -1.86. The van der Waals surface area contributed by atoms with E-state index in [1.54, 1.807) is 6.07 Å². The van der Waals surface area contributed by atoms with Gasteiger partial charge in [-0.05, 0) is 29.7 Å². The minimum atomic E-state index is -3.72. The maximum absolute atomic E-state index is 12.3. The lowest BCUT2D eigenvalue weighted by Crippen LogP contribution is -2.28. The molecule has 0 aliphatic rings. The van der Waals surface area contributed by atoms with Crippen LogP contribution in [0.25, 0.3) is 6.08 Å². The van der Waals surface area contributed by atoms with Gasteiger partial charge in [-0.15, -0.1) is 0 Å². The van der Waals surface area contributed by atoms with Gasteiger partial charge < -0.3 is 9.84 Å². The topological polar surface area (TPSA) is 92.7 Å². The number of aliphatic carboxylic acids is 1. The second kappa shape index (κ2) is 7.24. The quantitative estimate of drug-likeness (QED) is 0.748. The van der Waals surface area contributed by atoms with Gasteiger partial charge in [0.05, 0.1) is 7.11 Å². The number of rotatable bonds is 7. The van der Waals surface area contributed by atoms with E-state index in [0.29, 0.717) is 12.1 Å². The zero-order chi connectivity index (χ0) is 16.0. The zero-order valence-electron chi connectivity index (χ0n) is 12.2. The summed E-state index contributed by atoms with van der Waals surface area (Å²) in [6.45, 7) is 4.10. The SMILES string of the molecule is COc1ccc(/C=C/C(=O)O)cc1S(=O)(=O)NCC(C)C. The molecule has 0 amide bonds. The van der Waals surface area contributed by atoms with Crippen LogP contribution in [0.2, 0.25) is 0 Å². The summed E-state index contributed by atoms with van der Waals surface area (Å²) >= 11 is 0. The van der Waals surface area contributed by atoms with Crippen LogP contribution in [0.15, 0.2) is 29.2 Å². The van der Waals surface area contributed by atoms with E-state index in [1.807, 2.05) is 13.8 Å². The molecule has 0 fully saturated rings. The Kier molecular flexibility index (Phi) is 5.92. The van der Waals surface area contributed by atoms with Crippen molar-refractivity contribution in [3.8, 4) is 5.75 Å². The number of hydrogen-bond acceptors (Lipinski definition) is 4. The molecule has 0 heterocycles. The number of benzene rings is 1. The Morgan fingerprint density at radius 3 is 2.62 bits per heavy atom. The lowest BCUT2D eigenvalue weighted by atomic mass is 10.2. The average molecular weight is 313 g/mol. The molecule has 1 rings (SSSR count). The first kappa shape index (κ1) is 17.2. The predicted octanol–water partition coefficient (Wildman–Crippen LogP) is 1.73. The van der Waals surface area contributed by atoms with E-state index in [2.05, 4.69) is 4.72 Å². The Bertz CT molecular complexity index is 635. The highest BCUT2D eigenvalue weighted by Gasteiger charge is 2.19. The number of carbonyl (C=O) groups is 1. The van der Waals surface area contributed by atoms with Crippen LogP contribution in [0.1, 0.15) is 19.4 Å². The molecular weight excluding hydrogens is 294 g/mol. The Labute approximate surface area is 124 Å². The summed E-state index contributed by atoms with van der Waals surface area (Å²) in [6.07, 6.45) is 2.27. The number of sulfonamides is 1. The highest BCUT2D eigenvalue weighted by Crippen LogP contribution is 2.25. The lowest BCUT2D eigenvalue weighted by molar-refractivity contribution is -0.131. The molecule has 7 heteroatoms. The molecule has 0 saturated carbocycles. The number of hydrogen-bond donors (Lipinski definition) is 2. The summed E-state index contributed by atoms with van der Waals surface area (Å²) in [6, 6.07) is 4.45. The summed E-state index contributed by atoms with van der Waals surface area (Å²) in [5.74, 6) is -0.729. The number of ether oxygens (including phenoxy) is 1. The number of nitrogens with one attached hydrogen (secondary N) is 1. The number of carboxylic acid groups (broad SMARTS) is 1. The molecule has 116 valence electrons. The maximum atomic E-state index is 12.3. The summed E-state index contributed by atoms with van der Waals surface area (Å²) in [5.41, 5.74) is 0.461. The lowest BCUT2D eigenvalue weighted by Gasteiger charge is -2.12. The van der Waals surface area contributed by atoms with E-state index < -0.39 is 16.0 Å². The molecule has 0 aliphatic carbocycles. The van der Waals surface area contributed by atoms with Crippen LogP contribution in [0.5, 0.6) is 5.75 Å². The van der Waals surface area contributed by atoms with E-state index in [1.165, 1.54) is 25.3 Å². The van der Waals surface area contributed by atoms with Crippen molar-refractivity contribution < 1.29 is 23.1 Å². The molecule has 0 bridgehead atoms. The Balaban J connectivity index is 3.19. The van der Waals surface area contributed by atoms with Gasteiger partial charge in [-0.3, -0.25) is 0 Å². The third-order valence-electron chi connectivity index (χ3n) is 2.58. The van der Waals surface area contributed by atoms with Gasteiger partial charge in [-0.1, -0.05) is 19.9 Å². The Morgan fingerprint density at radius 1 is 1.43 bits per heavy atom. The summed E-state index contributed by atoms with van der Waals surface area (Å²) in [7, 11) is -2.34. The minimum absolute atomic E-state index is 0.0156. The van der Waals surface area contributed by atoms with E-state index in [-0.39, 0.29) is 16.6 Å². The molecule has 21 heavy (non-hydrogen) atoms. The summed E-state index contributed by atoms with van der Waals surface area (Å²) < 4.78 is 32.1. The molecule has 0 saturated heterocycles. The van der Waals surface area contributed by atoms with Crippen LogP contribution in [0.3, 0.4) is 0 Å². The second-order valence-electron chi connectivity index (χ2n) is 4.83. The van der Waals surface area contributed by atoms with E-state index >= 15 is 0 Å². The van der Waals surface area contributed by atoms with Gasteiger partial charge in [0.15, 0.2) is 0 Å². The molecular formula is C14H19NO5S. The van der Waals surface area contributed by atoms with Crippen molar-refractivity contribution in [2.24, 2.45) is 5.92 Å². The largest absolute Gasteiger partial charge is 0.495 e. The standard InChI is InChI=1S/C14H19NO5S/c1-10(2)9-15-21(18,19)13-8-11(5-7-14(16)17)4-6-12(13)20-3/h4-8,10,15H,9H2,1-3H3,(H,16,17)/b7-5+. The van der Waals surface area contributed by atoms with Crippen LogP contribution in [-0.4, -0.2) is 33.1 Å². The van der Waals surface area contributed by atoms with Crippen LogP contribution >= 0.6 is 0 Å². The van der Waals surface area contributed by atoms with Gasteiger partial charge in [-0.2, -0.15) is 0 Å². The first-order valence-corrected chi connectivity index (χ1v) is 7.83. The van der Waals surface area contributed by atoms with Crippen molar-refractivity contribution in [1.29, 1.82) is 0 Å². The smallest absolute Gasteiger partial charge is 0.328 e. The fraction of sp³-hybridized carbons (Fsp3) is 0.357. The third kappa shape index (κ3) is 5.20. The van der Waals surface area contributed by atoms with E-state index in [0.717, 1.165) is 6.08 Å². The van der Waals surface area contributed by atoms with Crippen LogP contribution in [-0.2, 0) is 14.8 Å². The molecule has 1 aromatic carbocycles. The van der Waals surface area contributed by atoms with Crippen molar-refractivity contribution in [3.63, 3.8) is 0 Å². The van der Waals surface area contributed by atoms with Crippen molar-refractivity contribution in [3.05, 3.63) is 29.8 Å². The highest BCUT2D eigenvalue weighted by molar-refractivity contribution is 7.89. The van der Waals surface area contributed by atoms with Gasteiger partial charge in [0.2, 0.25) is 10.0 Å². The third-order valence-corrected chi connectivity index (χ3v) is 4.02. The number of methoxy groups -OCH3 is 1. The molecule has 6 nitrogen and oxygen atoms in total. The molecule has 0 spiro atoms. The first-order chi connectivity index (χ1) is 9.76. The van der Waals surface area contributed by atoms with Gasteiger partial charge in [0, 0.05) is 12.6 Å². The Morgan fingerprint density at radius 2 is 2.10 bits per heavy atom. The predicted molar refractivity (Wildman–Crippen MR) is 79.7 cm³/mol. The highest BCUT2D eigenvalue weighted by atomic mass is 32.2. The molecule has 0 aromatic heterocycles. The van der Waals surface area contributed by atoms with Crippen molar-refractivity contribution in [2.45, 2.75) is 18.7 Å². The van der Waals surface area contributed by atoms with Crippen molar-refractivity contribution in [1.82, 2.24) is 4.72 Å². The monoisotopic (exact) mass is 313 g/mol. The fourth-order valence-electron chi connectivity index (χ4n) is 1.53. The van der Waals surface area contributed by atoms with E-state index in [4.69, 9.17) is 9.84 Å². The minimum Gasteiger partial charge on any atom is -0.495 e. The average Bonchev–Trinajstić information content (AvgIpc) is 2.42. The first-order valence-electron chi connectivity index (χ1n) is 6.35. The molecule has 0 unspecified atom stereocenters. The fourth-order valence-corrected chi connectivity index (χ4v) is 2.94. The van der Waals surface area contributed by atoms with Crippen LogP contribution in [0.4, 0.5) is 0 Å². The van der Waals surface area contributed by atoms with Gasteiger partial charge in [-0.25, -0.2) is 17.9 Å². The van der Waals surface area contributed by atoms with Crippen molar-refractivity contribution in [2.75, 3.05) is 13.7 Å². The van der Waals surface area contributed by atoms with Gasteiger partial charge in [0.1, 0.15) is 10.6 Å². The molecule has 0 radical (unpaired) electrons. The van der Waals surface area contributed by atoms with Gasteiger partial charge >= 0.3 is 5.97 Å². The summed E-state index contributed by atoms with van der Waals surface area (Å²) in [4.78, 5) is 10.5. The maximum Gasteiger partial charge on any atom is 0.328 e. The molecule has 0 aliphatic heterocycles. The van der Waals surface area contributed by atoms with Crippen LogP contribution < -0.4 is 9.46 Å². The normalized spacial score (nSPS) is 12.0. The van der Waals surface area contributed by atoms with E-state index in [9.17, 15) is 13.2 Å². The molecule has 1 aromatic rings. The molecule has 2 N–H and O–H groups in total. The summed E-state index contributed by atoms with van der Waals surface area (Å²) in [5, 5.41) is 8.61. The van der Waals surface area contributed by atoms with Crippen LogP contribution in [0, 0.1) is 5.92 Å².